The minimum Gasteiger partial charge on any atom is -0.343 e. The van der Waals surface area contributed by atoms with Crippen molar-refractivity contribution in [1.29, 1.82) is 0 Å². The standard InChI is InChI=1S/C20H16BrF2N/c1-12-9-17(22)19(18(23)10-12)20-15(14-7-5-4-6-8-14)11-16(21)13(2)24(20)3/h4-11H,2H2,1,3H3. The van der Waals surface area contributed by atoms with Gasteiger partial charge in [-0.1, -0.05) is 36.9 Å². The van der Waals surface area contributed by atoms with E-state index in [1.165, 1.54) is 12.1 Å². The molecule has 0 spiro atoms. The first kappa shape index (κ1) is 16.7. The molecule has 1 aliphatic heterocycles. The van der Waals surface area contributed by atoms with Crippen molar-refractivity contribution in [3.8, 4) is 0 Å². The number of nitrogens with zero attached hydrogens (tertiary/aromatic N) is 1. The van der Waals surface area contributed by atoms with E-state index in [1.54, 1.807) is 18.9 Å². The summed E-state index contributed by atoms with van der Waals surface area (Å²) in [5, 5.41) is 0. The third-order valence-corrected chi connectivity index (χ3v) is 4.74. The largest absolute Gasteiger partial charge is 0.343 e. The maximum atomic E-state index is 14.6. The second-order valence-electron chi connectivity index (χ2n) is 5.73. The SMILES string of the molecule is C=C1C(Br)=CC(c2ccccc2)=C(c2c(F)cc(C)cc2F)N1C. The van der Waals surface area contributed by atoms with Crippen molar-refractivity contribution in [1.82, 2.24) is 4.90 Å². The first-order valence-electron chi connectivity index (χ1n) is 7.46. The quantitative estimate of drug-likeness (QED) is 0.621. The van der Waals surface area contributed by atoms with Crippen LogP contribution in [-0.2, 0) is 0 Å². The Balaban J connectivity index is 2.36. The van der Waals surface area contributed by atoms with Crippen molar-refractivity contribution in [2.75, 3.05) is 7.05 Å². The van der Waals surface area contributed by atoms with Gasteiger partial charge < -0.3 is 4.90 Å². The van der Waals surface area contributed by atoms with E-state index in [-0.39, 0.29) is 5.56 Å². The highest BCUT2D eigenvalue weighted by atomic mass is 79.9. The lowest BCUT2D eigenvalue weighted by atomic mass is 9.94. The first-order chi connectivity index (χ1) is 11.4. The van der Waals surface area contributed by atoms with Gasteiger partial charge >= 0.3 is 0 Å². The van der Waals surface area contributed by atoms with E-state index in [0.717, 1.165) is 15.6 Å². The molecule has 0 unspecified atom stereocenters. The van der Waals surface area contributed by atoms with Crippen LogP contribution in [0.4, 0.5) is 8.78 Å². The van der Waals surface area contributed by atoms with Crippen molar-refractivity contribution >= 4 is 27.2 Å². The van der Waals surface area contributed by atoms with Gasteiger partial charge in [-0.2, -0.15) is 0 Å². The van der Waals surface area contributed by atoms with Gasteiger partial charge in [0.2, 0.25) is 0 Å². The van der Waals surface area contributed by atoms with Gasteiger partial charge in [0.05, 0.1) is 11.3 Å². The molecule has 0 aromatic heterocycles. The molecule has 3 rings (SSSR count). The van der Waals surface area contributed by atoms with Gasteiger partial charge in [-0.05, 0) is 52.2 Å². The minimum absolute atomic E-state index is 0.0423. The first-order valence-corrected chi connectivity index (χ1v) is 8.25. The number of hydrogen-bond donors (Lipinski definition) is 0. The van der Waals surface area contributed by atoms with E-state index in [9.17, 15) is 8.78 Å². The fourth-order valence-electron chi connectivity index (χ4n) is 2.82. The monoisotopic (exact) mass is 387 g/mol. The van der Waals surface area contributed by atoms with Gasteiger partial charge in [0.25, 0.3) is 0 Å². The molecule has 1 heterocycles. The van der Waals surface area contributed by atoms with Crippen LogP contribution in [0.1, 0.15) is 16.7 Å². The normalized spacial score (nSPS) is 15.0. The number of halogens is 3. The molecule has 2 aromatic rings. The van der Waals surface area contributed by atoms with Crippen LogP contribution < -0.4 is 0 Å². The molecule has 0 amide bonds. The Hall–Kier alpha value is -2.20. The molecule has 2 aromatic carbocycles. The molecule has 0 saturated heterocycles. The van der Waals surface area contributed by atoms with E-state index in [4.69, 9.17) is 0 Å². The maximum absolute atomic E-state index is 14.6. The number of hydrogen-bond acceptors (Lipinski definition) is 1. The number of aryl methyl sites for hydroxylation is 1. The van der Waals surface area contributed by atoms with E-state index in [0.29, 0.717) is 17.0 Å². The average molecular weight is 388 g/mol. The topological polar surface area (TPSA) is 3.24 Å². The van der Waals surface area contributed by atoms with Crippen LogP contribution in [0.5, 0.6) is 0 Å². The third-order valence-electron chi connectivity index (χ3n) is 4.05. The zero-order valence-corrected chi connectivity index (χ0v) is 15.0. The summed E-state index contributed by atoms with van der Waals surface area (Å²) >= 11 is 3.48. The van der Waals surface area contributed by atoms with E-state index in [2.05, 4.69) is 22.5 Å². The summed E-state index contributed by atoms with van der Waals surface area (Å²) in [6.45, 7) is 5.66. The molecular formula is C20H16BrF2N. The summed E-state index contributed by atoms with van der Waals surface area (Å²) in [6.07, 6.45) is 1.85. The van der Waals surface area contributed by atoms with Crippen molar-refractivity contribution in [2.45, 2.75) is 6.92 Å². The Kier molecular flexibility index (Phi) is 4.41. The van der Waals surface area contributed by atoms with Crippen LogP contribution in [-0.4, -0.2) is 11.9 Å². The minimum atomic E-state index is -0.581. The summed E-state index contributed by atoms with van der Waals surface area (Å²) in [4.78, 5) is 1.71. The predicted molar refractivity (Wildman–Crippen MR) is 98.3 cm³/mol. The predicted octanol–water partition coefficient (Wildman–Crippen LogP) is 5.88. The lowest BCUT2D eigenvalue weighted by molar-refractivity contribution is 0.549. The molecule has 122 valence electrons. The second-order valence-corrected chi connectivity index (χ2v) is 6.58. The summed E-state index contributed by atoms with van der Waals surface area (Å²) < 4.78 is 30.0. The molecule has 0 radical (unpaired) electrons. The highest BCUT2D eigenvalue weighted by Gasteiger charge is 2.27. The molecule has 1 aliphatic rings. The van der Waals surface area contributed by atoms with Crippen LogP contribution in [0.3, 0.4) is 0 Å². The highest BCUT2D eigenvalue weighted by Crippen LogP contribution is 2.41. The van der Waals surface area contributed by atoms with Crippen molar-refractivity contribution in [2.24, 2.45) is 0 Å². The van der Waals surface area contributed by atoms with E-state index < -0.39 is 11.6 Å². The van der Waals surface area contributed by atoms with Crippen LogP contribution in [0, 0.1) is 18.6 Å². The lowest BCUT2D eigenvalue weighted by Gasteiger charge is -2.31. The maximum Gasteiger partial charge on any atom is 0.135 e. The Morgan fingerprint density at radius 1 is 1.04 bits per heavy atom. The van der Waals surface area contributed by atoms with Crippen LogP contribution >= 0.6 is 15.9 Å². The Morgan fingerprint density at radius 2 is 1.62 bits per heavy atom. The smallest absolute Gasteiger partial charge is 0.135 e. The third kappa shape index (κ3) is 2.82. The zero-order valence-electron chi connectivity index (χ0n) is 13.4. The van der Waals surface area contributed by atoms with Gasteiger partial charge in [-0.15, -0.1) is 0 Å². The molecule has 0 saturated carbocycles. The molecule has 4 heteroatoms. The molecule has 0 atom stereocenters. The Morgan fingerprint density at radius 3 is 2.21 bits per heavy atom. The molecule has 0 N–H and O–H groups in total. The molecule has 24 heavy (non-hydrogen) atoms. The van der Waals surface area contributed by atoms with Crippen molar-refractivity contribution in [3.05, 3.63) is 93.6 Å². The summed E-state index contributed by atoms with van der Waals surface area (Å²) in [7, 11) is 1.76. The van der Waals surface area contributed by atoms with Crippen LogP contribution in [0.2, 0.25) is 0 Å². The molecular weight excluding hydrogens is 372 g/mol. The van der Waals surface area contributed by atoms with E-state index in [1.807, 2.05) is 36.4 Å². The Labute approximate surface area is 148 Å². The molecule has 0 aliphatic carbocycles. The highest BCUT2D eigenvalue weighted by molar-refractivity contribution is 9.12. The van der Waals surface area contributed by atoms with Gasteiger partial charge in [-0.25, -0.2) is 8.78 Å². The zero-order chi connectivity index (χ0) is 17.4. The summed E-state index contributed by atoms with van der Waals surface area (Å²) in [5.74, 6) is -1.16. The van der Waals surface area contributed by atoms with Gasteiger partial charge in [-0.3, -0.25) is 0 Å². The Bertz CT molecular complexity index is 859. The number of benzene rings is 2. The fraction of sp³-hybridized carbons (Fsp3) is 0.100. The fourth-order valence-corrected chi connectivity index (χ4v) is 3.32. The number of allylic oxidation sites excluding steroid dienone is 3. The number of rotatable bonds is 2. The van der Waals surface area contributed by atoms with Gasteiger partial charge in [0.15, 0.2) is 0 Å². The molecule has 0 bridgehead atoms. The van der Waals surface area contributed by atoms with Gasteiger partial charge in [0, 0.05) is 22.8 Å². The number of likely N-dealkylation sites (N-methyl/N-ethyl adjacent to an activating group) is 1. The summed E-state index contributed by atoms with van der Waals surface area (Å²) in [6, 6.07) is 12.2. The lowest BCUT2D eigenvalue weighted by Crippen LogP contribution is -2.22. The second kappa shape index (κ2) is 6.36. The van der Waals surface area contributed by atoms with Gasteiger partial charge in [0.1, 0.15) is 11.6 Å². The van der Waals surface area contributed by atoms with Crippen molar-refractivity contribution < 1.29 is 8.78 Å². The average Bonchev–Trinajstić information content (AvgIpc) is 2.54. The van der Waals surface area contributed by atoms with Crippen molar-refractivity contribution in [3.63, 3.8) is 0 Å². The molecule has 0 fully saturated rings. The van der Waals surface area contributed by atoms with Crippen LogP contribution in [0.15, 0.2) is 65.3 Å². The van der Waals surface area contributed by atoms with E-state index >= 15 is 0 Å². The summed E-state index contributed by atoms with van der Waals surface area (Å²) in [5.41, 5.74) is 3.22. The molecule has 1 nitrogen and oxygen atoms in total. The van der Waals surface area contributed by atoms with Crippen LogP contribution in [0.25, 0.3) is 11.3 Å².